The van der Waals surface area contributed by atoms with E-state index in [0.29, 0.717) is 21.5 Å². The third kappa shape index (κ3) is 3.45. The molecular weight excluding hydrogens is 396 g/mol. The van der Waals surface area contributed by atoms with Gasteiger partial charge in [0.1, 0.15) is 5.75 Å². The van der Waals surface area contributed by atoms with Crippen LogP contribution in [0, 0.1) is 0 Å². The lowest BCUT2D eigenvalue weighted by atomic mass is 10.1. The predicted octanol–water partition coefficient (Wildman–Crippen LogP) is 2.88. The summed E-state index contributed by atoms with van der Waals surface area (Å²) >= 11 is 6.33. The van der Waals surface area contributed by atoms with Gasteiger partial charge in [-0.1, -0.05) is 23.9 Å². The first-order valence-electron chi connectivity index (χ1n) is 8.10. The number of hydrogen-bond donors (Lipinski definition) is 2. The van der Waals surface area contributed by atoms with Gasteiger partial charge in [-0.15, -0.1) is 0 Å². The molecule has 1 aliphatic heterocycles. The number of nitrogens with one attached hydrogen (secondary N) is 1. The maximum absolute atomic E-state index is 12.7. The van der Waals surface area contributed by atoms with E-state index in [-0.39, 0.29) is 10.1 Å². The molecule has 28 heavy (non-hydrogen) atoms. The minimum atomic E-state index is -0.506. The Labute approximate surface area is 169 Å². The first-order valence-corrected chi connectivity index (χ1v) is 9.33. The van der Waals surface area contributed by atoms with Crippen molar-refractivity contribution in [1.29, 1.82) is 0 Å². The molecule has 0 radical (unpaired) electrons. The molecule has 4 rings (SSSR count). The van der Waals surface area contributed by atoms with Crippen LogP contribution in [0.5, 0.6) is 5.75 Å². The van der Waals surface area contributed by atoms with Crippen molar-refractivity contribution in [2.45, 2.75) is 0 Å². The number of aromatic hydroxyl groups is 1. The molecule has 1 aliphatic rings. The molecule has 2 heterocycles. The van der Waals surface area contributed by atoms with Crippen LogP contribution in [-0.4, -0.2) is 36.2 Å². The van der Waals surface area contributed by atoms with E-state index in [1.54, 1.807) is 18.5 Å². The van der Waals surface area contributed by atoms with Gasteiger partial charge in [-0.2, -0.15) is 5.01 Å². The maximum Gasteiger partial charge on any atom is 0.285 e. The molecule has 1 fully saturated rings. The number of carbonyl (C=O) groups is 2. The van der Waals surface area contributed by atoms with Crippen molar-refractivity contribution in [3.8, 4) is 5.75 Å². The summed E-state index contributed by atoms with van der Waals surface area (Å²) in [4.78, 5) is 34.0. The molecule has 0 spiro atoms. The van der Waals surface area contributed by atoms with Gasteiger partial charge in [-0.3, -0.25) is 25.0 Å². The number of benzene rings is 2. The summed E-state index contributed by atoms with van der Waals surface area (Å²) in [7, 11) is 0. The third-order valence-corrected chi connectivity index (χ3v) is 5.26. The largest absolute Gasteiger partial charge is 0.508 e. The van der Waals surface area contributed by atoms with Crippen LogP contribution in [-0.2, 0) is 4.79 Å². The zero-order valence-corrected chi connectivity index (χ0v) is 15.8. The summed E-state index contributed by atoms with van der Waals surface area (Å²) < 4.78 is 0.217. The van der Waals surface area contributed by atoms with E-state index >= 15 is 0 Å². The van der Waals surface area contributed by atoms with Crippen LogP contribution in [0.4, 0.5) is 0 Å². The van der Waals surface area contributed by atoms with Crippen LogP contribution in [0.3, 0.4) is 0 Å². The Bertz CT molecular complexity index is 1140. The Kier molecular flexibility index (Phi) is 4.76. The summed E-state index contributed by atoms with van der Waals surface area (Å²) in [6.45, 7) is 0. The standard InChI is InChI=1S/C19H12N4O3S2/c24-13-6-4-11(5-7-13)17(25)22-23-18(26)15(28-19(23)27)10-12-2-1-3-14-16(12)21-9-8-20-14/h1-10,24H,(H,22,25)/b15-10-. The van der Waals surface area contributed by atoms with Gasteiger partial charge in [0, 0.05) is 23.5 Å². The second-order valence-electron chi connectivity index (χ2n) is 5.78. The number of hydrogen-bond acceptors (Lipinski definition) is 7. The Morgan fingerprint density at radius 1 is 1.14 bits per heavy atom. The van der Waals surface area contributed by atoms with Crippen molar-refractivity contribution in [2.75, 3.05) is 0 Å². The number of hydrazine groups is 1. The highest BCUT2D eigenvalue weighted by atomic mass is 32.2. The second kappa shape index (κ2) is 7.37. The molecule has 0 atom stereocenters. The predicted molar refractivity (Wildman–Crippen MR) is 110 cm³/mol. The Morgan fingerprint density at radius 3 is 2.68 bits per heavy atom. The highest BCUT2D eigenvalue weighted by Gasteiger charge is 2.34. The number of thioether (sulfide) groups is 1. The van der Waals surface area contributed by atoms with Crippen LogP contribution in [0.1, 0.15) is 15.9 Å². The Morgan fingerprint density at radius 2 is 1.89 bits per heavy atom. The number of para-hydroxylation sites is 1. The highest BCUT2D eigenvalue weighted by molar-refractivity contribution is 8.26. The quantitative estimate of drug-likeness (QED) is 0.508. The summed E-state index contributed by atoms with van der Waals surface area (Å²) in [5.41, 5.74) is 4.91. The SMILES string of the molecule is O=C(NN1C(=O)/C(=C/c2cccc3nccnc23)SC1=S)c1ccc(O)cc1. The fourth-order valence-electron chi connectivity index (χ4n) is 2.62. The van der Waals surface area contributed by atoms with Gasteiger partial charge >= 0.3 is 0 Å². The van der Waals surface area contributed by atoms with Crippen molar-refractivity contribution < 1.29 is 14.7 Å². The normalized spacial score (nSPS) is 15.4. The van der Waals surface area contributed by atoms with E-state index in [0.717, 1.165) is 22.3 Å². The molecule has 7 nitrogen and oxygen atoms in total. The summed E-state index contributed by atoms with van der Waals surface area (Å²) in [6.07, 6.45) is 4.87. The molecular formula is C19H12N4O3S2. The van der Waals surface area contributed by atoms with E-state index in [9.17, 15) is 14.7 Å². The molecule has 2 amide bonds. The van der Waals surface area contributed by atoms with Gasteiger partial charge in [0.2, 0.25) is 0 Å². The lowest BCUT2D eigenvalue weighted by molar-refractivity contribution is -0.123. The first kappa shape index (κ1) is 18.1. The molecule has 0 saturated carbocycles. The monoisotopic (exact) mass is 408 g/mol. The van der Waals surface area contributed by atoms with Gasteiger partial charge < -0.3 is 5.11 Å². The van der Waals surface area contributed by atoms with Crippen LogP contribution in [0.15, 0.2) is 59.8 Å². The lowest BCUT2D eigenvalue weighted by Gasteiger charge is -2.15. The average molecular weight is 408 g/mol. The lowest BCUT2D eigenvalue weighted by Crippen LogP contribution is -2.44. The van der Waals surface area contributed by atoms with E-state index < -0.39 is 11.8 Å². The fraction of sp³-hybridized carbons (Fsp3) is 0. The van der Waals surface area contributed by atoms with E-state index in [1.807, 2.05) is 18.2 Å². The van der Waals surface area contributed by atoms with Crippen molar-refractivity contribution in [3.63, 3.8) is 0 Å². The number of nitrogens with zero attached hydrogens (tertiary/aromatic N) is 3. The van der Waals surface area contributed by atoms with Gasteiger partial charge in [-0.05, 0) is 48.6 Å². The highest BCUT2D eigenvalue weighted by Crippen LogP contribution is 2.32. The van der Waals surface area contributed by atoms with Crippen molar-refractivity contribution in [3.05, 3.63) is 70.9 Å². The maximum atomic E-state index is 12.7. The number of phenolic OH excluding ortho intramolecular Hbond substituents is 1. The number of aromatic nitrogens is 2. The van der Waals surface area contributed by atoms with Crippen LogP contribution >= 0.6 is 24.0 Å². The molecule has 3 aromatic rings. The third-order valence-electron chi connectivity index (χ3n) is 3.95. The Balaban J connectivity index is 1.59. The topological polar surface area (TPSA) is 95.4 Å². The molecule has 1 saturated heterocycles. The molecule has 1 aromatic heterocycles. The minimum absolute atomic E-state index is 0.0447. The number of thiocarbonyl (C=S) groups is 1. The van der Waals surface area contributed by atoms with Crippen molar-refractivity contribution >= 4 is 57.2 Å². The van der Waals surface area contributed by atoms with Crippen molar-refractivity contribution in [1.82, 2.24) is 20.4 Å². The fourth-order valence-corrected chi connectivity index (χ4v) is 3.79. The summed E-state index contributed by atoms with van der Waals surface area (Å²) in [6, 6.07) is 11.2. The summed E-state index contributed by atoms with van der Waals surface area (Å²) in [5.74, 6) is -0.889. The van der Waals surface area contributed by atoms with E-state index in [1.165, 1.54) is 24.3 Å². The molecule has 9 heteroatoms. The molecule has 0 aliphatic carbocycles. The number of rotatable bonds is 3. The molecule has 0 bridgehead atoms. The smallest absolute Gasteiger partial charge is 0.285 e. The van der Waals surface area contributed by atoms with Gasteiger partial charge in [0.05, 0.1) is 15.9 Å². The number of amides is 2. The van der Waals surface area contributed by atoms with Gasteiger partial charge in [0.15, 0.2) is 4.32 Å². The van der Waals surface area contributed by atoms with Gasteiger partial charge in [-0.25, -0.2) is 0 Å². The molecule has 138 valence electrons. The molecule has 2 N–H and O–H groups in total. The Hall–Kier alpha value is -3.30. The average Bonchev–Trinajstić information content (AvgIpc) is 2.96. The van der Waals surface area contributed by atoms with Gasteiger partial charge in [0.25, 0.3) is 11.8 Å². The van der Waals surface area contributed by atoms with Crippen LogP contribution in [0.2, 0.25) is 0 Å². The number of fused-ring (bicyclic) bond motifs is 1. The van der Waals surface area contributed by atoms with E-state index in [4.69, 9.17) is 12.2 Å². The second-order valence-corrected chi connectivity index (χ2v) is 7.45. The van der Waals surface area contributed by atoms with Crippen molar-refractivity contribution in [2.24, 2.45) is 0 Å². The van der Waals surface area contributed by atoms with Crippen LogP contribution in [0.25, 0.3) is 17.1 Å². The zero-order chi connectivity index (χ0) is 19.7. The van der Waals surface area contributed by atoms with Crippen LogP contribution < -0.4 is 5.43 Å². The summed E-state index contributed by atoms with van der Waals surface area (Å²) in [5, 5.41) is 10.4. The zero-order valence-electron chi connectivity index (χ0n) is 14.2. The molecule has 0 unspecified atom stereocenters. The number of phenols is 1. The minimum Gasteiger partial charge on any atom is -0.508 e. The molecule has 2 aromatic carbocycles. The number of carbonyl (C=O) groups excluding carboxylic acids is 2. The van der Waals surface area contributed by atoms with E-state index in [2.05, 4.69) is 15.4 Å². The first-order chi connectivity index (χ1) is 13.5.